The van der Waals surface area contributed by atoms with Gasteiger partial charge in [-0.15, -0.1) is 11.3 Å². The van der Waals surface area contributed by atoms with Crippen molar-refractivity contribution in [3.05, 3.63) is 212 Å². The van der Waals surface area contributed by atoms with Crippen molar-refractivity contribution in [2.45, 2.75) is 0 Å². The van der Waals surface area contributed by atoms with Crippen LogP contribution in [-0.4, -0.2) is 0 Å². The summed E-state index contributed by atoms with van der Waals surface area (Å²) in [5.74, 6) is 0. The maximum absolute atomic E-state index is 6.80. The fraction of sp³-hybridized carbons (Fsp3) is 0. The predicted molar refractivity (Wildman–Crippen MR) is 253 cm³/mol. The Hall–Kier alpha value is -7.46. The van der Waals surface area contributed by atoms with E-state index in [-0.39, 0.29) is 0 Å². The van der Waals surface area contributed by atoms with Crippen molar-refractivity contribution >= 4 is 92.1 Å². The van der Waals surface area contributed by atoms with Crippen LogP contribution in [0.15, 0.2) is 217 Å². The van der Waals surface area contributed by atoms with Gasteiger partial charge in [-0.3, -0.25) is 0 Å². The van der Waals surface area contributed by atoms with Crippen molar-refractivity contribution < 1.29 is 4.42 Å². The van der Waals surface area contributed by atoms with Crippen LogP contribution in [0.2, 0.25) is 0 Å². The van der Waals surface area contributed by atoms with Gasteiger partial charge in [-0.25, -0.2) is 0 Å². The minimum absolute atomic E-state index is 0.873. The minimum atomic E-state index is 0.873. The number of para-hydroxylation sites is 1. The quantitative estimate of drug-likeness (QED) is 0.157. The molecule has 0 N–H and O–H groups in total. The van der Waals surface area contributed by atoms with Gasteiger partial charge in [0, 0.05) is 42.2 Å². The molecule has 2 heterocycles. The largest absolute Gasteiger partial charge is 0.455 e. The highest BCUT2D eigenvalue weighted by Crippen LogP contribution is 2.49. The van der Waals surface area contributed by atoms with Gasteiger partial charge in [0.2, 0.25) is 0 Å². The zero-order valence-electron chi connectivity index (χ0n) is 32.0. The van der Waals surface area contributed by atoms with Crippen LogP contribution in [0.3, 0.4) is 0 Å². The zero-order chi connectivity index (χ0) is 38.9. The Morgan fingerprint density at radius 3 is 1.64 bits per heavy atom. The average Bonchev–Trinajstić information content (AvgIpc) is 3.90. The predicted octanol–water partition coefficient (Wildman–Crippen LogP) is 16.7. The highest BCUT2D eigenvalue weighted by atomic mass is 32.1. The third-order valence-corrected chi connectivity index (χ3v) is 13.2. The standard InChI is InChI=1S/C56H35NOS/c1-3-14-36(15-4-1)42-34-35-51(53-49-20-9-10-27-52(49)58-54(42)53)57(50-26-13-23-45-41-19-8-7-18-38(41)30-33-46(45)50)40-31-28-39(29-32-40)44-22-12-25-48-47-24-11-21-43(55(47)59-56(44)48)37-16-5-2-6-17-37/h1-35H. The maximum Gasteiger partial charge on any atom is 0.145 e. The molecule has 2 nitrogen and oxygen atoms in total. The molecule has 0 atom stereocenters. The third kappa shape index (κ3) is 5.40. The van der Waals surface area contributed by atoms with E-state index in [0.29, 0.717) is 0 Å². The van der Waals surface area contributed by atoms with E-state index in [1.807, 2.05) is 11.3 Å². The normalized spacial score (nSPS) is 11.7. The smallest absolute Gasteiger partial charge is 0.145 e. The number of thiophene rings is 1. The Labute approximate surface area is 345 Å². The van der Waals surface area contributed by atoms with Crippen LogP contribution in [0.5, 0.6) is 0 Å². The molecular weight excluding hydrogens is 735 g/mol. The summed E-state index contributed by atoms with van der Waals surface area (Å²) in [5, 5.41) is 9.66. The summed E-state index contributed by atoms with van der Waals surface area (Å²) in [4.78, 5) is 2.44. The van der Waals surface area contributed by atoms with E-state index in [2.05, 4.69) is 217 Å². The second-order valence-corrected chi connectivity index (χ2v) is 16.2. The molecule has 59 heavy (non-hydrogen) atoms. The summed E-state index contributed by atoms with van der Waals surface area (Å²) >= 11 is 1.89. The fourth-order valence-electron chi connectivity index (χ4n) is 9.15. The summed E-state index contributed by atoms with van der Waals surface area (Å²) < 4.78 is 9.43. The molecule has 2 aromatic heterocycles. The highest BCUT2D eigenvalue weighted by Gasteiger charge is 2.24. The van der Waals surface area contributed by atoms with E-state index in [1.54, 1.807) is 0 Å². The first-order chi connectivity index (χ1) is 29.3. The van der Waals surface area contributed by atoms with E-state index < -0.39 is 0 Å². The lowest BCUT2D eigenvalue weighted by atomic mass is 9.97. The van der Waals surface area contributed by atoms with Gasteiger partial charge in [0.1, 0.15) is 11.2 Å². The van der Waals surface area contributed by atoms with Gasteiger partial charge >= 0.3 is 0 Å². The van der Waals surface area contributed by atoms with E-state index in [9.17, 15) is 0 Å². The lowest BCUT2D eigenvalue weighted by molar-refractivity contribution is 0.670. The average molecular weight is 770 g/mol. The Balaban J connectivity index is 1.08. The minimum Gasteiger partial charge on any atom is -0.455 e. The molecule has 12 rings (SSSR count). The number of benzene rings is 10. The molecule has 0 bridgehead atoms. The van der Waals surface area contributed by atoms with Gasteiger partial charge in [0.15, 0.2) is 0 Å². The first-order valence-electron chi connectivity index (χ1n) is 20.1. The highest BCUT2D eigenvalue weighted by molar-refractivity contribution is 7.26. The molecule has 0 radical (unpaired) electrons. The van der Waals surface area contributed by atoms with Crippen LogP contribution < -0.4 is 4.90 Å². The number of hydrogen-bond donors (Lipinski definition) is 0. The number of furan rings is 1. The van der Waals surface area contributed by atoms with E-state index in [0.717, 1.165) is 50.1 Å². The van der Waals surface area contributed by atoms with Gasteiger partial charge in [-0.05, 0) is 80.4 Å². The van der Waals surface area contributed by atoms with Crippen molar-refractivity contribution in [3.63, 3.8) is 0 Å². The van der Waals surface area contributed by atoms with Gasteiger partial charge in [0.25, 0.3) is 0 Å². The van der Waals surface area contributed by atoms with Crippen molar-refractivity contribution in [1.82, 2.24) is 0 Å². The molecular formula is C56H35NOS. The van der Waals surface area contributed by atoms with Crippen molar-refractivity contribution in [3.8, 4) is 33.4 Å². The number of fused-ring (bicyclic) bond motifs is 9. The van der Waals surface area contributed by atoms with Crippen LogP contribution in [0.25, 0.3) is 97.0 Å². The monoisotopic (exact) mass is 769 g/mol. The SMILES string of the molecule is c1ccc(-c2ccc(N(c3ccc(-c4cccc5c4sc4c(-c6ccccc6)cccc45)cc3)c3cccc4c3ccc3ccccc34)c3c2oc2ccccc23)cc1. The van der Waals surface area contributed by atoms with Crippen molar-refractivity contribution in [2.24, 2.45) is 0 Å². The molecule has 0 saturated heterocycles. The van der Waals surface area contributed by atoms with E-state index in [1.165, 1.54) is 64.0 Å². The summed E-state index contributed by atoms with van der Waals surface area (Å²) in [5.41, 5.74) is 12.2. The lowest BCUT2D eigenvalue weighted by Gasteiger charge is -2.28. The first-order valence-corrected chi connectivity index (χ1v) is 20.9. The van der Waals surface area contributed by atoms with Gasteiger partial charge in [-0.2, -0.15) is 0 Å². The Kier molecular flexibility index (Phi) is 7.75. The second-order valence-electron chi connectivity index (χ2n) is 15.2. The molecule has 10 aromatic carbocycles. The molecule has 0 aliphatic heterocycles. The molecule has 0 aliphatic rings. The molecule has 0 unspecified atom stereocenters. The van der Waals surface area contributed by atoms with Crippen molar-refractivity contribution in [1.29, 1.82) is 0 Å². The zero-order valence-corrected chi connectivity index (χ0v) is 32.8. The van der Waals surface area contributed by atoms with Crippen LogP contribution in [0, 0.1) is 0 Å². The molecule has 0 saturated carbocycles. The lowest BCUT2D eigenvalue weighted by Crippen LogP contribution is -2.11. The van der Waals surface area contributed by atoms with Crippen LogP contribution >= 0.6 is 11.3 Å². The Bertz CT molecular complexity index is 3550. The van der Waals surface area contributed by atoms with Gasteiger partial charge < -0.3 is 9.32 Å². The number of hydrogen-bond acceptors (Lipinski definition) is 3. The molecule has 0 amide bonds. The number of rotatable bonds is 6. The summed E-state index contributed by atoms with van der Waals surface area (Å²) in [7, 11) is 0. The summed E-state index contributed by atoms with van der Waals surface area (Å²) in [6.07, 6.45) is 0. The Morgan fingerprint density at radius 1 is 0.339 bits per heavy atom. The molecule has 0 fully saturated rings. The number of anilines is 3. The van der Waals surface area contributed by atoms with E-state index in [4.69, 9.17) is 4.42 Å². The molecule has 12 aromatic rings. The molecule has 3 heteroatoms. The first kappa shape index (κ1) is 33.7. The topological polar surface area (TPSA) is 16.4 Å². The Morgan fingerprint density at radius 2 is 0.915 bits per heavy atom. The number of nitrogens with zero attached hydrogens (tertiary/aromatic N) is 1. The van der Waals surface area contributed by atoms with Crippen molar-refractivity contribution in [2.75, 3.05) is 4.90 Å². The second kappa shape index (κ2) is 13.6. The summed E-state index contributed by atoms with van der Waals surface area (Å²) in [6, 6.07) is 76.7. The van der Waals surface area contributed by atoms with Crippen LogP contribution in [0.4, 0.5) is 17.1 Å². The van der Waals surface area contributed by atoms with Crippen LogP contribution in [-0.2, 0) is 0 Å². The van der Waals surface area contributed by atoms with E-state index >= 15 is 0 Å². The fourth-order valence-corrected chi connectivity index (χ4v) is 10.5. The molecule has 0 spiro atoms. The molecule has 0 aliphatic carbocycles. The van der Waals surface area contributed by atoms with Gasteiger partial charge in [0.05, 0.1) is 16.8 Å². The maximum atomic E-state index is 6.80. The molecule has 276 valence electrons. The van der Waals surface area contributed by atoms with Crippen LogP contribution in [0.1, 0.15) is 0 Å². The van der Waals surface area contributed by atoms with Gasteiger partial charge in [-0.1, -0.05) is 176 Å². The summed E-state index contributed by atoms with van der Waals surface area (Å²) in [6.45, 7) is 0. The third-order valence-electron chi connectivity index (χ3n) is 11.9.